The first-order valence-corrected chi connectivity index (χ1v) is 10.5. The van der Waals surface area contributed by atoms with Crippen LogP contribution < -0.4 is 10.0 Å². The second kappa shape index (κ2) is 7.96. The summed E-state index contributed by atoms with van der Waals surface area (Å²) in [6, 6.07) is 13.5. The van der Waals surface area contributed by atoms with Gasteiger partial charge in [-0.2, -0.15) is 0 Å². The molecule has 0 unspecified atom stereocenters. The summed E-state index contributed by atoms with van der Waals surface area (Å²) >= 11 is 11.8. The van der Waals surface area contributed by atoms with Crippen molar-refractivity contribution in [1.29, 1.82) is 0 Å². The highest BCUT2D eigenvalue weighted by Gasteiger charge is 2.29. The minimum absolute atomic E-state index is 0.0389. The van der Waals surface area contributed by atoms with E-state index in [2.05, 4.69) is 10.0 Å². The second-order valence-corrected chi connectivity index (χ2v) is 8.81. The molecule has 1 saturated carbocycles. The van der Waals surface area contributed by atoms with E-state index in [1.54, 1.807) is 12.1 Å². The molecule has 7 heteroatoms. The van der Waals surface area contributed by atoms with Crippen LogP contribution in [0.1, 0.15) is 25.7 Å². The summed E-state index contributed by atoms with van der Waals surface area (Å²) in [6.45, 7) is 0. The average Bonchev–Trinajstić information content (AvgIpc) is 2.59. The Morgan fingerprint density at radius 3 is 1.92 bits per heavy atom. The summed E-state index contributed by atoms with van der Waals surface area (Å²) in [5.74, 6) is 0. The van der Waals surface area contributed by atoms with Crippen LogP contribution >= 0.6 is 23.2 Å². The first kappa shape index (κ1) is 18.5. The zero-order valence-corrected chi connectivity index (χ0v) is 15.9. The van der Waals surface area contributed by atoms with Crippen LogP contribution in [-0.4, -0.2) is 20.5 Å². The zero-order valence-electron chi connectivity index (χ0n) is 13.6. The highest BCUT2D eigenvalue weighted by Crippen LogP contribution is 2.25. The van der Waals surface area contributed by atoms with Gasteiger partial charge in [-0.3, -0.25) is 0 Å². The first-order chi connectivity index (χ1) is 11.9. The lowest BCUT2D eigenvalue weighted by molar-refractivity contribution is 0.378. The van der Waals surface area contributed by atoms with Gasteiger partial charge in [-0.05, 0) is 61.4 Å². The van der Waals surface area contributed by atoms with Gasteiger partial charge in [-0.25, -0.2) is 13.1 Å². The smallest absolute Gasteiger partial charge is 0.240 e. The van der Waals surface area contributed by atoms with Crippen molar-refractivity contribution in [2.45, 2.75) is 42.7 Å². The minimum Gasteiger partial charge on any atom is -0.381 e. The molecule has 0 saturated heterocycles. The summed E-state index contributed by atoms with van der Waals surface area (Å²) in [6.07, 6.45) is 3.80. The van der Waals surface area contributed by atoms with Crippen LogP contribution in [0.3, 0.4) is 0 Å². The predicted octanol–water partition coefficient (Wildman–Crippen LogP) is 4.70. The monoisotopic (exact) mass is 398 g/mol. The summed E-state index contributed by atoms with van der Waals surface area (Å²) in [5, 5.41) is 4.62. The maximum absolute atomic E-state index is 12.7. The number of rotatable bonds is 5. The lowest BCUT2D eigenvalue weighted by atomic mass is 9.91. The van der Waals surface area contributed by atoms with Crippen LogP contribution in [0, 0.1) is 0 Å². The summed E-state index contributed by atoms with van der Waals surface area (Å²) in [5.41, 5.74) is 0.937. The number of sulfonamides is 1. The fourth-order valence-corrected chi connectivity index (χ4v) is 4.65. The molecule has 0 bridgehead atoms. The second-order valence-electron chi connectivity index (χ2n) is 6.22. The van der Waals surface area contributed by atoms with E-state index in [1.165, 1.54) is 12.1 Å². The lowest BCUT2D eigenvalue weighted by Gasteiger charge is -2.33. The third-order valence-corrected chi connectivity index (χ3v) is 6.40. The van der Waals surface area contributed by atoms with Gasteiger partial charge in [-0.1, -0.05) is 36.0 Å². The molecule has 0 aliphatic heterocycles. The molecule has 0 amide bonds. The molecule has 134 valence electrons. The van der Waals surface area contributed by atoms with Crippen LogP contribution in [0.15, 0.2) is 53.4 Å². The van der Waals surface area contributed by atoms with Gasteiger partial charge in [0.05, 0.1) is 4.90 Å². The largest absolute Gasteiger partial charge is 0.381 e. The molecule has 0 radical (unpaired) electrons. The molecule has 2 N–H and O–H groups in total. The number of hydrogen-bond acceptors (Lipinski definition) is 3. The minimum atomic E-state index is -3.58. The Labute approximate surface area is 158 Å². The summed E-state index contributed by atoms with van der Waals surface area (Å²) < 4.78 is 28.2. The molecular formula is C18H20Cl2N2O2S. The number of halogens is 2. The van der Waals surface area contributed by atoms with E-state index in [1.807, 2.05) is 24.3 Å². The molecule has 2 aromatic carbocycles. The lowest BCUT2D eigenvalue weighted by Crippen LogP contribution is -2.48. The van der Waals surface area contributed by atoms with E-state index in [9.17, 15) is 8.42 Å². The molecule has 3 rings (SSSR count). The molecule has 0 spiro atoms. The van der Waals surface area contributed by atoms with E-state index in [4.69, 9.17) is 23.2 Å². The molecule has 25 heavy (non-hydrogen) atoms. The summed E-state index contributed by atoms with van der Waals surface area (Å²) in [7, 11) is -3.58. The van der Waals surface area contributed by atoms with Gasteiger partial charge < -0.3 is 5.32 Å². The molecule has 0 heterocycles. The van der Waals surface area contributed by atoms with Crippen molar-refractivity contribution >= 4 is 38.9 Å². The van der Waals surface area contributed by atoms with Gasteiger partial charge >= 0.3 is 0 Å². The van der Waals surface area contributed by atoms with Crippen molar-refractivity contribution in [3.05, 3.63) is 58.6 Å². The summed E-state index contributed by atoms with van der Waals surface area (Å²) in [4.78, 5) is 0.229. The Morgan fingerprint density at radius 1 is 0.800 bits per heavy atom. The van der Waals surface area contributed by atoms with E-state index < -0.39 is 10.0 Å². The van der Waals surface area contributed by atoms with Crippen LogP contribution in [0.4, 0.5) is 5.69 Å². The van der Waals surface area contributed by atoms with Crippen molar-refractivity contribution in [2.24, 2.45) is 0 Å². The molecule has 1 aliphatic rings. The van der Waals surface area contributed by atoms with Crippen molar-refractivity contribution in [3.63, 3.8) is 0 Å². The van der Waals surface area contributed by atoms with E-state index >= 15 is 0 Å². The SMILES string of the molecule is O=S(=O)(N[C@H]1CCCC[C@H]1Nc1ccc(Cl)cc1)c1ccc(Cl)cc1. The van der Waals surface area contributed by atoms with Gasteiger partial charge in [-0.15, -0.1) is 0 Å². The Bertz CT molecular complexity index is 808. The van der Waals surface area contributed by atoms with Crippen LogP contribution in [0.25, 0.3) is 0 Å². The maximum atomic E-state index is 12.7. The fourth-order valence-electron chi connectivity index (χ4n) is 3.09. The molecule has 2 aromatic rings. The van der Waals surface area contributed by atoms with Gasteiger partial charge in [0.25, 0.3) is 0 Å². The average molecular weight is 399 g/mol. The number of anilines is 1. The molecular weight excluding hydrogens is 379 g/mol. The number of benzene rings is 2. The van der Waals surface area contributed by atoms with Gasteiger partial charge in [0.15, 0.2) is 0 Å². The Kier molecular flexibility index (Phi) is 5.89. The van der Waals surface area contributed by atoms with Crippen molar-refractivity contribution < 1.29 is 8.42 Å². The van der Waals surface area contributed by atoms with Gasteiger partial charge in [0.1, 0.15) is 0 Å². The number of nitrogens with one attached hydrogen (secondary N) is 2. The predicted molar refractivity (Wildman–Crippen MR) is 103 cm³/mol. The maximum Gasteiger partial charge on any atom is 0.240 e. The standard InChI is InChI=1S/C18H20Cl2N2O2S/c19-13-5-9-15(10-6-13)21-17-3-1-2-4-18(17)22-25(23,24)16-11-7-14(20)8-12-16/h5-12,17-18,21-22H,1-4H2/t17-,18+/m1/s1. The van der Waals surface area contributed by atoms with Crippen molar-refractivity contribution in [3.8, 4) is 0 Å². The van der Waals surface area contributed by atoms with Crippen LogP contribution in [-0.2, 0) is 10.0 Å². The third kappa shape index (κ3) is 4.88. The number of hydrogen-bond donors (Lipinski definition) is 2. The van der Waals surface area contributed by atoms with Crippen LogP contribution in [0.5, 0.6) is 0 Å². The first-order valence-electron chi connectivity index (χ1n) is 8.24. The van der Waals surface area contributed by atoms with Crippen molar-refractivity contribution in [2.75, 3.05) is 5.32 Å². The molecule has 1 aliphatic carbocycles. The fraction of sp³-hybridized carbons (Fsp3) is 0.333. The van der Waals surface area contributed by atoms with E-state index in [-0.39, 0.29) is 17.0 Å². The normalized spacial score (nSPS) is 21.0. The van der Waals surface area contributed by atoms with Gasteiger partial charge in [0, 0.05) is 27.8 Å². The highest BCUT2D eigenvalue weighted by atomic mass is 35.5. The third-order valence-electron chi connectivity index (χ3n) is 4.39. The van der Waals surface area contributed by atoms with Crippen molar-refractivity contribution in [1.82, 2.24) is 4.72 Å². The van der Waals surface area contributed by atoms with Gasteiger partial charge in [0.2, 0.25) is 10.0 Å². The Morgan fingerprint density at radius 2 is 1.32 bits per heavy atom. The zero-order chi connectivity index (χ0) is 17.9. The molecule has 1 fully saturated rings. The van der Waals surface area contributed by atoms with E-state index in [0.29, 0.717) is 10.0 Å². The topological polar surface area (TPSA) is 58.2 Å². The molecule has 4 nitrogen and oxygen atoms in total. The van der Waals surface area contributed by atoms with E-state index in [0.717, 1.165) is 31.4 Å². The Hall–Kier alpha value is -1.27. The molecule has 0 aromatic heterocycles. The highest BCUT2D eigenvalue weighted by molar-refractivity contribution is 7.89. The quantitative estimate of drug-likeness (QED) is 0.767. The molecule has 2 atom stereocenters. The van der Waals surface area contributed by atoms with Crippen LogP contribution in [0.2, 0.25) is 10.0 Å². The Balaban J connectivity index is 1.74.